The number of hydrogen-bond donors (Lipinski definition) is 1. The molecular weight excluding hydrogens is 254 g/mol. The SMILES string of the molecule is CCCC(NCC1CSCCS1)C(=O)OCC. The molecular formula is C12H23NO2S2. The fraction of sp³-hybridized carbons (Fsp3) is 0.917. The van der Waals surface area contributed by atoms with Gasteiger partial charge in [-0.2, -0.15) is 23.5 Å². The number of rotatable bonds is 7. The summed E-state index contributed by atoms with van der Waals surface area (Å²) in [6.07, 6.45) is 1.87. The molecule has 0 bridgehead atoms. The highest BCUT2D eigenvalue weighted by atomic mass is 32.2. The van der Waals surface area contributed by atoms with Crippen molar-refractivity contribution in [3.63, 3.8) is 0 Å². The molecule has 3 nitrogen and oxygen atoms in total. The van der Waals surface area contributed by atoms with Crippen molar-refractivity contribution < 1.29 is 9.53 Å². The van der Waals surface area contributed by atoms with Crippen LogP contribution in [0.15, 0.2) is 0 Å². The van der Waals surface area contributed by atoms with E-state index in [9.17, 15) is 4.79 Å². The van der Waals surface area contributed by atoms with E-state index in [0.29, 0.717) is 11.9 Å². The number of thioether (sulfide) groups is 2. The van der Waals surface area contributed by atoms with Crippen molar-refractivity contribution in [1.29, 1.82) is 0 Å². The molecule has 1 N–H and O–H groups in total. The maximum Gasteiger partial charge on any atom is 0.323 e. The molecule has 1 rings (SSSR count). The van der Waals surface area contributed by atoms with Gasteiger partial charge in [-0.1, -0.05) is 13.3 Å². The van der Waals surface area contributed by atoms with Gasteiger partial charge in [0.15, 0.2) is 0 Å². The first-order valence-corrected chi connectivity index (χ1v) is 8.57. The van der Waals surface area contributed by atoms with E-state index < -0.39 is 0 Å². The first-order valence-electron chi connectivity index (χ1n) is 6.37. The lowest BCUT2D eigenvalue weighted by atomic mass is 10.1. The van der Waals surface area contributed by atoms with Gasteiger partial charge < -0.3 is 10.1 Å². The average Bonchev–Trinajstić information content (AvgIpc) is 2.36. The number of carbonyl (C=O) groups excluding carboxylic acids is 1. The molecule has 0 radical (unpaired) electrons. The summed E-state index contributed by atoms with van der Waals surface area (Å²) in [6.45, 7) is 5.34. The maximum absolute atomic E-state index is 11.7. The van der Waals surface area contributed by atoms with Crippen molar-refractivity contribution in [2.45, 2.75) is 38.0 Å². The smallest absolute Gasteiger partial charge is 0.323 e. The Kier molecular flexibility index (Phi) is 8.14. The molecule has 0 aromatic rings. The van der Waals surface area contributed by atoms with Gasteiger partial charge in [0, 0.05) is 29.1 Å². The van der Waals surface area contributed by atoms with Crippen LogP contribution >= 0.6 is 23.5 Å². The molecule has 0 spiro atoms. The summed E-state index contributed by atoms with van der Waals surface area (Å²) in [6, 6.07) is -0.118. The van der Waals surface area contributed by atoms with E-state index >= 15 is 0 Å². The molecule has 1 aliphatic rings. The van der Waals surface area contributed by atoms with Gasteiger partial charge >= 0.3 is 5.97 Å². The van der Waals surface area contributed by atoms with Crippen molar-refractivity contribution >= 4 is 29.5 Å². The van der Waals surface area contributed by atoms with Crippen LogP contribution in [0.25, 0.3) is 0 Å². The second-order valence-electron chi connectivity index (χ2n) is 4.07. The van der Waals surface area contributed by atoms with Crippen molar-refractivity contribution in [3.05, 3.63) is 0 Å². The summed E-state index contributed by atoms with van der Waals surface area (Å²) >= 11 is 4.02. The largest absolute Gasteiger partial charge is 0.465 e. The topological polar surface area (TPSA) is 38.3 Å². The van der Waals surface area contributed by atoms with Gasteiger partial charge in [-0.15, -0.1) is 0 Å². The quantitative estimate of drug-likeness (QED) is 0.722. The van der Waals surface area contributed by atoms with Crippen LogP contribution in [0, 0.1) is 0 Å². The van der Waals surface area contributed by atoms with E-state index in [1.54, 1.807) is 0 Å². The second-order valence-corrected chi connectivity index (χ2v) is 6.63. The predicted molar refractivity (Wildman–Crippen MR) is 76.9 cm³/mol. The molecule has 0 amide bonds. The summed E-state index contributed by atoms with van der Waals surface area (Å²) < 4.78 is 5.08. The molecule has 0 aliphatic carbocycles. The fourth-order valence-electron chi connectivity index (χ4n) is 1.76. The number of carbonyl (C=O) groups is 1. The number of nitrogens with one attached hydrogen (secondary N) is 1. The van der Waals surface area contributed by atoms with Gasteiger partial charge in [0.1, 0.15) is 6.04 Å². The van der Waals surface area contributed by atoms with Crippen LogP contribution in [-0.2, 0) is 9.53 Å². The van der Waals surface area contributed by atoms with Crippen LogP contribution in [0.1, 0.15) is 26.7 Å². The monoisotopic (exact) mass is 277 g/mol. The Labute approximate surface area is 113 Å². The molecule has 1 fully saturated rings. The first kappa shape index (κ1) is 15.2. The standard InChI is InChI=1S/C12H23NO2S2/c1-3-5-11(12(14)15-4-2)13-8-10-9-16-6-7-17-10/h10-11,13H,3-9H2,1-2H3. The van der Waals surface area contributed by atoms with Crippen molar-refractivity contribution in [1.82, 2.24) is 5.32 Å². The number of ether oxygens (including phenoxy) is 1. The third-order valence-electron chi connectivity index (χ3n) is 2.63. The highest BCUT2D eigenvalue weighted by Crippen LogP contribution is 2.23. The minimum absolute atomic E-state index is 0.0946. The Morgan fingerprint density at radius 1 is 1.47 bits per heavy atom. The highest BCUT2D eigenvalue weighted by Gasteiger charge is 2.21. The summed E-state index contributed by atoms with van der Waals surface area (Å²) in [4.78, 5) is 11.7. The van der Waals surface area contributed by atoms with Crippen molar-refractivity contribution in [3.8, 4) is 0 Å². The van der Waals surface area contributed by atoms with Crippen LogP contribution in [0.3, 0.4) is 0 Å². The molecule has 17 heavy (non-hydrogen) atoms. The lowest BCUT2D eigenvalue weighted by molar-refractivity contribution is -0.145. The summed E-state index contributed by atoms with van der Waals surface area (Å²) in [5, 5.41) is 4.01. The van der Waals surface area contributed by atoms with Gasteiger partial charge in [-0.05, 0) is 13.3 Å². The van der Waals surface area contributed by atoms with E-state index in [-0.39, 0.29) is 12.0 Å². The van der Waals surface area contributed by atoms with E-state index in [2.05, 4.69) is 12.2 Å². The van der Waals surface area contributed by atoms with Gasteiger partial charge in [0.2, 0.25) is 0 Å². The summed E-state index contributed by atoms with van der Waals surface area (Å²) in [7, 11) is 0. The maximum atomic E-state index is 11.7. The van der Waals surface area contributed by atoms with Gasteiger partial charge in [-0.25, -0.2) is 0 Å². The molecule has 0 aromatic heterocycles. The van der Waals surface area contributed by atoms with Crippen LogP contribution in [0.5, 0.6) is 0 Å². The zero-order chi connectivity index (χ0) is 12.5. The van der Waals surface area contributed by atoms with Gasteiger partial charge in [0.25, 0.3) is 0 Å². The van der Waals surface area contributed by atoms with E-state index in [1.807, 2.05) is 30.4 Å². The Morgan fingerprint density at radius 3 is 2.88 bits per heavy atom. The zero-order valence-corrected chi connectivity index (χ0v) is 12.4. The lowest BCUT2D eigenvalue weighted by Crippen LogP contribution is -2.42. The summed E-state index contributed by atoms with van der Waals surface area (Å²) in [5.74, 6) is 3.59. The molecule has 1 heterocycles. The van der Waals surface area contributed by atoms with E-state index in [4.69, 9.17) is 4.74 Å². The fourth-order valence-corrected chi connectivity index (χ4v) is 4.39. The number of esters is 1. The molecule has 2 atom stereocenters. The molecule has 2 unspecified atom stereocenters. The van der Waals surface area contributed by atoms with Crippen LogP contribution < -0.4 is 5.32 Å². The van der Waals surface area contributed by atoms with Crippen LogP contribution in [-0.4, -0.2) is 47.7 Å². The first-order chi connectivity index (χ1) is 8.27. The average molecular weight is 277 g/mol. The van der Waals surface area contributed by atoms with Crippen LogP contribution in [0.4, 0.5) is 0 Å². The number of hydrogen-bond acceptors (Lipinski definition) is 5. The van der Waals surface area contributed by atoms with Gasteiger partial charge in [-0.3, -0.25) is 4.79 Å². The Balaban J connectivity index is 2.29. The third kappa shape index (κ3) is 6.02. The van der Waals surface area contributed by atoms with Crippen LogP contribution in [0.2, 0.25) is 0 Å². The Bertz CT molecular complexity index is 221. The molecule has 5 heteroatoms. The lowest BCUT2D eigenvalue weighted by Gasteiger charge is -2.24. The molecule has 100 valence electrons. The van der Waals surface area contributed by atoms with E-state index in [1.165, 1.54) is 17.3 Å². The Morgan fingerprint density at radius 2 is 2.29 bits per heavy atom. The molecule has 1 saturated heterocycles. The third-order valence-corrected chi connectivity index (χ3v) is 5.47. The normalized spacial score (nSPS) is 22.1. The zero-order valence-electron chi connectivity index (χ0n) is 10.7. The molecule has 0 saturated carbocycles. The van der Waals surface area contributed by atoms with E-state index in [0.717, 1.165) is 19.4 Å². The predicted octanol–water partition coefficient (Wildman–Crippen LogP) is 2.16. The Hall–Kier alpha value is 0.130. The highest BCUT2D eigenvalue weighted by molar-refractivity contribution is 8.06. The minimum atomic E-state index is -0.118. The molecule has 0 aromatic carbocycles. The van der Waals surface area contributed by atoms with Gasteiger partial charge in [0.05, 0.1) is 6.61 Å². The second kappa shape index (κ2) is 9.11. The summed E-state index contributed by atoms with van der Waals surface area (Å²) in [5.41, 5.74) is 0. The molecule has 1 aliphatic heterocycles. The minimum Gasteiger partial charge on any atom is -0.465 e. The van der Waals surface area contributed by atoms with Crippen molar-refractivity contribution in [2.75, 3.05) is 30.4 Å². The van der Waals surface area contributed by atoms with Crippen molar-refractivity contribution in [2.24, 2.45) is 0 Å².